The predicted molar refractivity (Wildman–Crippen MR) is 48.5 cm³/mol. The van der Waals surface area contributed by atoms with Crippen LogP contribution in [0.5, 0.6) is 5.88 Å². The molecule has 0 spiro atoms. The Morgan fingerprint density at radius 2 is 2.29 bits per heavy atom. The van der Waals surface area contributed by atoms with Crippen molar-refractivity contribution in [3.63, 3.8) is 0 Å². The lowest BCUT2D eigenvalue weighted by atomic mass is 10.3. The molecule has 0 aromatic carbocycles. The third-order valence-corrected chi connectivity index (χ3v) is 2.72. The molecule has 0 fully saturated rings. The number of rotatable bonds is 2. The zero-order chi connectivity index (χ0) is 10.8. The standard InChI is InChI=1S/C7H5ClN2O3S/c1-13-7-6(14(8,11)12)2-5(3-9)4-10-7/h2,4H,1H3. The number of hydrogen-bond donors (Lipinski definition) is 0. The number of nitriles is 1. The van der Waals surface area contributed by atoms with Gasteiger partial charge in [-0.1, -0.05) is 0 Å². The van der Waals surface area contributed by atoms with Crippen molar-refractivity contribution >= 4 is 19.7 Å². The topological polar surface area (TPSA) is 80.0 Å². The molecule has 0 aliphatic rings. The largest absolute Gasteiger partial charge is 0.480 e. The summed E-state index contributed by atoms with van der Waals surface area (Å²) in [6, 6.07) is 2.85. The summed E-state index contributed by atoms with van der Waals surface area (Å²) in [6.45, 7) is 0. The van der Waals surface area contributed by atoms with Crippen molar-refractivity contribution in [1.82, 2.24) is 4.98 Å². The van der Waals surface area contributed by atoms with Crippen molar-refractivity contribution in [2.24, 2.45) is 0 Å². The van der Waals surface area contributed by atoms with Crippen LogP contribution in [-0.2, 0) is 9.05 Å². The third kappa shape index (κ3) is 2.13. The molecule has 0 atom stereocenters. The minimum absolute atomic E-state index is 0.102. The lowest BCUT2D eigenvalue weighted by molar-refractivity contribution is 0.385. The molecule has 0 saturated carbocycles. The van der Waals surface area contributed by atoms with E-state index in [1.807, 2.05) is 0 Å². The van der Waals surface area contributed by atoms with Crippen LogP contribution < -0.4 is 4.74 Å². The molecule has 1 rings (SSSR count). The number of nitrogens with zero attached hydrogens (tertiary/aromatic N) is 2. The van der Waals surface area contributed by atoms with Crippen LogP contribution >= 0.6 is 10.7 Å². The zero-order valence-corrected chi connectivity index (χ0v) is 8.63. The average Bonchev–Trinajstić information content (AvgIpc) is 2.15. The SMILES string of the molecule is COc1ncc(C#N)cc1S(=O)(=O)Cl. The van der Waals surface area contributed by atoms with Crippen LogP contribution in [-0.4, -0.2) is 20.5 Å². The maximum atomic E-state index is 11.0. The van der Waals surface area contributed by atoms with Crippen LogP contribution in [0.2, 0.25) is 0 Å². The third-order valence-electron chi connectivity index (χ3n) is 1.40. The van der Waals surface area contributed by atoms with Gasteiger partial charge in [0.1, 0.15) is 11.0 Å². The van der Waals surface area contributed by atoms with E-state index in [1.54, 1.807) is 6.07 Å². The van der Waals surface area contributed by atoms with Gasteiger partial charge in [0.2, 0.25) is 5.88 Å². The van der Waals surface area contributed by atoms with Crippen molar-refractivity contribution in [3.8, 4) is 11.9 Å². The van der Waals surface area contributed by atoms with Crippen LogP contribution in [0.15, 0.2) is 17.2 Å². The molecule has 1 aromatic rings. The first-order chi connectivity index (χ1) is 6.49. The van der Waals surface area contributed by atoms with E-state index in [4.69, 9.17) is 15.9 Å². The minimum atomic E-state index is -3.94. The summed E-state index contributed by atoms with van der Waals surface area (Å²) in [7, 11) is 2.43. The van der Waals surface area contributed by atoms with E-state index in [2.05, 4.69) is 9.72 Å². The molecule has 0 aliphatic heterocycles. The van der Waals surface area contributed by atoms with Gasteiger partial charge in [0.05, 0.1) is 12.7 Å². The highest BCUT2D eigenvalue weighted by molar-refractivity contribution is 8.13. The second-order valence-electron chi connectivity index (χ2n) is 2.28. The van der Waals surface area contributed by atoms with Crippen molar-refractivity contribution in [2.75, 3.05) is 7.11 Å². The van der Waals surface area contributed by atoms with Gasteiger partial charge in [-0.25, -0.2) is 13.4 Å². The molecule has 5 nitrogen and oxygen atoms in total. The molecule has 0 bridgehead atoms. The first kappa shape index (κ1) is 10.8. The summed E-state index contributed by atoms with van der Waals surface area (Å²) in [5.41, 5.74) is 0.102. The van der Waals surface area contributed by atoms with E-state index in [0.717, 1.165) is 6.07 Å². The Labute approximate surface area is 85.3 Å². The maximum absolute atomic E-state index is 11.0. The first-order valence-corrected chi connectivity index (χ1v) is 5.68. The van der Waals surface area contributed by atoms with Gasteiger partial charge < -0.3 is 4.74 Å². The fourth-order valence-corrected chi connectivity index (χ4v) is 1.77. The van der Waals surface area contributed by atoms with Crippen molar-refractivity contribution in [1.29, 1.82) is 5.26 Å². The van der Waals surface area contributed by atoms with Gasteiger partial charge in [0.15, 0.2) is 0 Å². The van der Waals surface area contributed by atoms with E-state index in [9.17, 15) is 8.42 Å². The van der Waals surface area contributed by atoms with Gasteiger partial charge in [-0.2, -0.15) is 5.26 Å². The van der Waals surface area contributed by atoms with Crippen molar-refractivity contribution in [3.05, 3.63) is 17.8 Å². The molecule has 1 heterocycles. The van der Waals surface area contributed by atoms with Gasteiger partial charge in [0, 0.05) is 16.9 Å². The van der Waals surface area contributed by atoms with Crippen molar-refractivity contribution < 1.29 is 13.2 Å². The lowest BCUT2D eigenvalue weighted by Gasteiger charge is -2.03. The van der Waals surface area contributed by atoms with Gasteiger partial charge in [-0.3, -0.25) is 0 Å². The molecular weight excluding hydrogens is 228 g/mol. The van der Waals surface area contributed by atoms with E-state index in [-0.39, 0.29) is 16.3 Å². The fraction of sp³-hybridized carbons (Fsp3) is 0.143. The highest BCUT2D eigenvalue weighted by atomic mass is 35.7. The summed E-state index contributed by atoms with van der Waals surface area (Å²) in [6.07, 6.45) is 1.20. The molecule has 0 aliphatic carbocycles. The molecule has 0 radical (unpaired) electrons. The number of pyridine rings is 1. The smallest absolute Gasteiger partial charge is 0.266 e. The summed E-state index contributed by atoms with van der Waals surface area (Å²) < 4.78 is 26.7. The van der Waals surface area contributed by atoms with E-state index in [1.165, 1.54) is 13.3 Å². The van der Waals surface area contributed by atoms with E-state index < -0.39 is 9.05 Å². The van der Waals surface area contributed by atoms with E-state index >= 15 is 0 Å². The molecule has 0 unspecified atom stereocenters. The number of hydrogen-bond acceptors (Lipinski definition) is 5. The quantitative estimate of drug-likeness (QED) is 0.708. The summed E-state index contributed by atoms with van der Waals surface area (Å²) in [5.74, 6) is -0.126. The minimum Gasteiger partial charge on any atom is -0.480 e. The average molecular weight is 233 g/mol. The second-order valence-corrected chi connectivity index (χ2v) is 4.82. The number of halogens is 1. The maximum Gasteiger partial charge on any atom is 0.266 e. The second kappa shape index (κ2) is 3.82. The van der Waals surface area contributed by atoms with E-state index in [0.29, 0.717) is 0 Å². The first-order valence-electron chi connectivity index (χ1n) is 3.38. The molecule has 74 valence electrons. The van der Waals surface area contributed by atoms with Crippen LogP contribution in [0.4, 0.5) is 0 Å². The van der Waals surface area contributed by atoms with Gasteiger partial charge in [-0.05, 0) is 6.07 Å². The van der Waals surface area contributed by atoms with Crippen LogP contribution in [0.1, 0.15) is 5.56 Å². The highest BCUT2D eigenvalue weighted by Crippen LogP contribution is 2.24. The summed E-state index contributed by atoms with van der Waals surface area (Å²) in [4.78, 5) is 3.32. The Bertz CT molecular complexity index is 492. The number of aromatic nitrogens is 1. The van der Waals surface area contributed by atoms with Gasteiger partial charge in [-0.15, -0.1) is 0 Å². The lowest BCUT2D eigenvalue weighted by Crippen LogP contribution is -1.99. The van der Waals surface area contributed by atoms with Crippen molar-refractivity contribution in [2.45, 2.75) is 4.90 Å². The molecule has 7 heteroatoms. The summed E-state index contributed by atoms with van der Waals surface area (Å²) in [5, 5.41) is 8.52. The van der Waals surface area contributed by atoms with Crippen LogP contribution in [0, 0.1) is 11.3 Å². The zero-order valence-electron chi connectivity index (χ0n) is 7.06. The van der Waals surface area contributed by atoms with Crippen LogP contribution in [0.25, 0.3) is 0 Å². The molecule has 0 amide bonds. The predicted octanol–water partition coefficient (Wildman–Crippen LogP) is 0.889. The number of ether oxygens (including phenoxy) is 1. The molecule has 14 heavy (non-hydrogen) atoms. The van der Waals surface area contributed by atoms with Crippen LogP contribution in [0.3, 0.4) is 0 Å². The Morgan fingerprint density at radius 3 is 2.71 bits per heavy atom. The van der Waals surface area contributed by atoms with Gasteiger partial charge in [0.25, 0.3) is 9.05 Å². The Morgan fingerprint density at radius 1 is 1.64 bits per heavy atom. The highest BCUT2D eigenvalue weighted by Gasteiger charge is 2.18. The summed E-state index contributed by atoms with van der Waals surface area (Å²) >= 11 is 0. The fourth-order valence-electron chi connectivity index (χ4n) is 0.821. The monoisotopic (exact) mass is 232 g/mol. The Kier molecular flexibility index (Phi) is 2.93. The van der Waals surface area contributed by atoms with Gasteiger partial charge >= 0.3 is 0 Å². The molecule has 0 N–H and O–H groups in total. The number of methoxy groups -OCH3 is 1. The molecule has 0 saturated heterocycles. The normalized spacial score (nSPS) is 10.6. The Hall–Kier alpha value is -1.32. The Balaban J connectivity index is 3.47. The molecule has 1 aromatic heterocycles. The molecular formula is C7H5ClN2O3S.